The molecule has 0 unspecified atom stereocenters. The minimum atomic E-state index is -1.06. The first-order chi connectivity index (χ1) is 12.3. The summed E-state index contributed by atoms with van der Waals surface area (Å²) in [5.74, 6) is -0.128. The van der Waals surface area contributed by atoms with Gasteiger partial charge < -0.3 is 10.0 Å². The summed E-state index contributed by atoms with van der Waals surface area (Å²) in [5, 5.41) is 20.0. The topological polar surface area (TPSA) is 77.2 Å². The number of carbonyl (C=O) groups is 1. The Morgan fingerprint density at radius 2 is 1.96 bits per heavy atom. The lowest BCUT2D eigenvalue weighted by molar-refractivity contribution is -0.114. The number of aromatic nitrogens is 1. The molecule has 5 heteroatoms. The highest BCUT2D eigenvalue weighted by Crippen LogP contribution is 2.50. The van der Waals surface area contributed by atoms with Crippen molar-refractivity contribution in [3.63, 3.8) is 0 Å². The van der Waals surface area contributed by atoms with Crippen molar-refractivity contribution in [1.82, 2.24) is 9.88 Å². The summed E-state index contributed by atoms with van der Waals surface area (Å²) in [5.41, 5.74) is 2.75. The molecular formula is C21H25N3O2. The van der Waals surface area contributed by atoms with Crippen molar-refractivity contribution in [2.45, 2.75) is 58.0 Å². The van der Waals surface area contributed by atoms with Crippen LogP contribution in [0.4, 0.5) is 0 Å². The Hall–Kier alpha value is -2.19. The van der Waals surface area contributed by atoms with Gasteiger partial charge in [-0.05, 0) is 56.6 Å². The molecule has 0 amide bonds. The molecule has 2 heterocycles. The highest BCUT2D eigenvalue weighted by Gasteiger charge is 2.41. The van der Waals surface area contributed by atoms with Gasteiger partial charge >= 0.3 is 0 Å². The Morgan fingerprint density at radius 3 is 2.50 bits per heavy atom. The number of hydrogen-bond donors (Lipinski definition) is 1. The van der Waals surface area contributed by atoms with Crippen LogP contribution in [0.5, 0.6) is 0 Å². The number of allylic oxidation sites excluding steroid dienone is 1. The highest BCUT2D eigenvalue weighted by atomic mass is 16.3. The van der Waals surface area contributed by atoms with E-state index in [-0.39, 0.29) is 17.8 Å². The van der Waals surface area contributed by atoms with Crippen molar-refractivity contribution in [2.24, 2.45) is 5.41 Å². The predicted molar refractivity (Wildman–Crippen MR) is 97.8 cm³/mol. The molecule has 2 fully saturated rings. The molecule has 1 aromatic heterocycles. The molecule has 26 heavy (non-hydrogen) atoms. The lowest BCUT2D eigenvalue weighted by Gasteiger charge is -2.49. The number of pyridine rings is 1. The maximum absolute atomic E-state index is 12.5. The van der Waals surface area contributed by atoms with Crippen LogP contribution in [0.3, 0.4) is 0 Å². The van der Waals surface area contributed by atoms with E-state index in [0.717, 1.165) is 42.8 Å². The van der Waals surface area contributed by atoms with Gasteiger partial charge in [0.25, 0.3) is 0 Å². The summed E-state index contributed by atoms with van der Waals surface area (Å²) in [6.45, 7) is 5.16. The highest BCUT2D eigenvalue weighted by molar-refractivity contribution is 6.09. The summed E-state index contributed by atoms with van der Waals surface area (Å²) in [6, 6.07) is 4.02. The van der Waals surface area contributed by atoms with Crippen LogP contribution < -0.4 is 0 Å². The van der Waals surface area contributed by atoms with Gasteiger partial charge in [0.15, 0.2) is 5.78 Å². The second kappa shape index (κ2) is 5.92. The quantitative estimate of drug-likeness (QED) is 0.886. The van der Waals surface area contributed by atoms with E-state index in [1.54, 1.807) is 20.0 Å². The smallest absolute Gasteiger partial charge is 0.179 e. The average Bonchev–Trinajstić information content (AvgIpc) is 2.58. The molecule has 1 N–H and O–H groups in total. The lowest BCUT2D eigenvalue weighted by Crippen LogP contribution is -2.43. The zero-order valence-electron chi connectivity index (χ0n) is 15.5. The number of nitriles is 1. The van der Waals surface area contributed by atoms with Crippen LogP contribution in [0, 0.1) is 16.7 Å². The number of rotatable bonds is 2. The van der Waals surface area contributed by atoms with Crippen molar-refractivity contribution >= 4 is 11.5 Å². The summed E-state index contributed by atoms with van der Waals surface area (Å²) in [4.78, 5) is 19.1. The van der Waals surface area contributed by atoms with Crippen LogP contribution in [0.15, 0.2) is 17.8 Å². The first-order valence-corrected chi connectivity index (χ1v) is 9.48. The molecule has 5 nitrogen and oxygen atoms in total. The van der Waals surface area contributed by atoms with Crippen molar-refractivity contribution in [1.29, 1.82) is 5.26 Å². The molecule has 0 aromatic carbocycles. The van der Waals surface area contributed by atoms with Gasteiger partial charge in [-0.3, -0.25) is 9.78 Å². The standard InChI is InChI=1S/C21H25N3O2/c1-20(2,26)18-11-15-14(13-23-18)10-17(25)16(12-22)19(15)24-8-6-21(7-9-24)4-3-5-21/h11,13,26H,3-10H2,1-2H3. The monoisotopic (exact) mass is 351 g/mol. The normalized spacial score (nSPS) is 22.1. The number of piperidine rings is 1. The lowest BCUT2D eigenvalue weighted by atomic mass is 9.63. The largest absolute Gasteiger partial charge is 0.384 e. The number of nitrogens with zero attached hydrogens (tertiary/aromatic N) is 3. The molecule has 1 aliphatic heterocycles. The zero-order chi connectivity index (χ0) is 18.5. The molecule has 0 bridgehead atoms. The van der Waals surface area contributed by atoms with Crippen LogP contribution in [0.2, 0.25) is 0 Å². The number of Topliss-reactive ketones (excluding diaryl/α,β-unsaturated/α-hetero) is 1. The fraction of sp³-hybridized carbons (Fsp3) is 0.571. The van der Waals surface area contributed by atoms with Gasteiger partial charge in [-0.2, -0.15) is 5.26 Å². The average molecular weight is 351 g/mol. The molecular weight excluding hydrogens is 326 g/mol. The van der Waals surface area contributed by atoms with Crippen LogP contribution in [0.1, 0.15) is 62.8 Å². The zero-order valence-corrected chi connectivity index (χ0v) is 15.5. The third kappa shape index (κ3) is 2.73. The molecule has 1 spiro atoms. The van der Waals surface area contributed by atoms with E-state index >= 15 is 0 Å². The Bertz CT molecular complexity index is 828. The van der Waals surface area contributed by atoms with Crippen LogP contribution in [-0.2, 0) is 16.8 Å². The SMILES string of the molecule is CC(C)(O)c1cc2c(cn1)CC(=O)C(C#N)=C2N1CCC2(CCC2)CC1. The van der Waals surface area contributed by atoms with Crippen molar-refractivity contribution in [3.8, 4) is 6.07 Å². The second-order valence-electron chi connectivity index (χ2n) is 8.56. The van der Waals surface area contributed by atoms with Gasteiger partial charge in [0.1, 0.15) is 17.2 Å². The third-order valence-corrected chi connectivity index (χ3v) is 6.40. The van der Waals surface area contributed by atoms with Crippen LogP contribution in [-0.4, -0.2) is 33.9 Å². The van der Waals surface area contributed by atoms with Crippen molar-refractivity contribution in [3.05, 3.63) is 34.7 Å². The number of hydrogen-bond acceptors (Lipinski definition) is 5. The van der Waals surface area contributed by atoms with E-state index < -0.39 is 5.60 Å². The van der Waals surface area contributed by atoms with Crippen molar-refractivity contribution in [2.75, 3.05) is 13.1 Å². The maximum atomic E-state index is 12.5. The molecule has 1 aromatic rings. The van der Waals surface area contributed by atoms with E-state index in [9.17, 15) is 15.2 Å². The van der Waals surface area contributed by atoms with E-state index in [1.807, 2.05) is 6.07 Å². The predicted octanol–water partition coefficient (Wildman–Crippen LogP) is 2.93. The van der Waals surface area contributed by atoms with E-state index in [1.165, 1.54) is 19.3 Å². The number of fused-ring (bicyclic) bond motifs is 1. The molecule has 4 rings (SSSR count). The molecule has 1 saturated carbocycles. The summed E-state index contributed by atoms with van der Waals surface area (Å²) < 4.78 is 0. The van der Waals surface area contributed by atoms with Gasteiger partial charge in [0, 0.05) is 31.3 Å². The van der Waals surface area contributed by atoms with Crippen LogP contribution >= 0.6 is 0 Å². The van der Waals surface area contributed by atoms with Gasteiger partial charge in [-0.15, -0.1) is 0 Å². The molecule has 136 valence electrons. The summed E-state index contributed by atoms with van der Waals surface area (Å²) in [6.07, 6.45) is 8.10. The minimum Gasteiger partial charge on any atom is -0.384 e. The molecule has 1 saturated heterocycles. The summed E-state index contributed by atoms with van der Waals surface area (Å²) in [7, 11) is 0. The Labute approximate surface area is 154 Å². The third-order valence-electron chi connectivity index (χ3n) is 6.40. The maximum Gasteiger partial charge on any atom is 0.179 e. The first-order valence-electron chi connectivity index (χ1n) is 9.48. The van der Waals surface area contributed by atoms with Gasteiger partial charge in [0.2, 0.25) is 0 Å². The van der Waals surface area contributed by atoms with Gasteiger partial charge in [-0.25, -0.2) is 0 Å². The van der Waals surface area contributed by atoms with E-state index in [0.29, 0.717) is 11.1 Å². The van der Waals surface area contributed by atoms with E-state index in [4.69, 9.17) is 0 Å². The van der Waals surface area contributed by atoms with E-state index in [2.05, 4.69) is 16.0 Å². The Kier molecular flexibility index (Phi) is 3.92. The first kappa shape index (κ1) is 17.2. The fourth-order valence-corrected chi connectivity index (χ4v) is 4.53. The molecule has 0 atom stereocenters. The fourth-order valence-electron chi connectivity index (χ4n) is 4.53. The van der Waals surface area contributed by atoms with Crippen LogP contribution in [0.25, 0.3) is 5.70 Å². The number of likely N-dealkylation sites (tertiary alicyclic amines) is 1. The Balaban J connectivity index is 1.76. The van der Waals surface area contributed by atoms with Gasteiger partial charge in [-0.1, -0.05) is 6.42 Å². The van der Waals surface area contributed by atoms with Gasteiger partial charge in [0.05, 0.1) is 11.4 Å². The minimum absolute atomic E-state index is 0.128. The number of ketones is 1. The second-order valence-corrected chi connectivity index (χ2v) is 8.56. The van der Waals surface area contributed by atoms with Crippen molar-refractivity contribution < 1.29 is 9.90 Å². The molecule has 2 aliphatic carbocycles. The summed E-state index contributed by atoms with van der Waals surface area (Å²) >= 11 is 0. The number of aliphatic hydroxyl groups is 1. The molecule has 0 radical (unpaired) electrons. The molecule has 3 aliphatic rings. The Morgan fingerprint density at radius 1 is 1.27 bits per heavy atom. The number of carbonyl (C=O) groups excluding carboxylic acids is 1.